The molecule has 0 saturated heterocycles. The van der Waals surface area contributed by atoms with Gasteiger partial charge >= 0.3 is 5.97 Å². The minimum absolute atomic E-state index is 0.0360. The van der Waals surface area contributed by atoms with E-state index < -0.39 is 24.4 Å². The minimum atomic E-state index is -0.591. The van der Waals surface area contributed by atoms with Gasteiger partial charge in [0.2, 0.25) is 0 Å². The van der Waals surface area contributed by atoms with E-state index in [1.54, 1.807) is 31.3 Å². The summed E-state index contributed by atoms with van der Waals surface area (Å²) in [6.07, 6.45) is 2.74. The molecule has 4 rings (SSSR count). The lowest BCUT2D eigenvalue weighted by atomic mass is 10.1. The molecule has 3 N–H and O–H groups in total. The second-order valence-electron chi connectivity index (χ2n) is 7.54. The zero-order chi connectivity index (χ0) is 22.8. The summed E-state index contributed by atoms with van der Waals surface area (Å²) in [6.45, 7) is -0.482. The first-order chi connectivity index (χ1) is 15.3. The van der Waals surface area contributed by atoms with Crippen molar-refractivity contribution >= 4 is 45.0 Å². The molecule has 0 aliphatic heterocycles. The second kappa shape index (κ2) is 8.91. The highest BCUT2D eigenvalue weighted by Gasteiger charge is 2.26. The molecule has 9 nitrogen and oxygen atoms in total. The normalized spacial score (nSPS) is 12.5. The van der Waals surface area contributed by atoms with E-state index in [1.165, 1.54) is 15.9 Å². The molecule has 32 heavy (non-hydrogen) atoms. The van der Waals surface area contributed by atoms with Crippen LogP contribution in [-0.4, -0.2) is 33.9 Å². The fraction of sp³-hybridized carbons (Fsp3) is 0.318. The summed E-state index contributed by atoms with van der Waals surface area (Å²) >= 11 is 1.34. The summed E-state index contributed by atoms with van der Waals surface area (Å²) in [5.74, 6) is -1.26. The van der Waals surface area contributed by atoms with Gasteiger partial charge < -0.3 is 15.8 Å². The van der Waals surface area contributed by atoms with Gasteiger partial charge in [0, 0.05) is 18.3 Å². The highest BCUT2D eigenvalue weighted by Crippen LogP contribution is 2.38. The fourth-order valence-electron chi connectivity index (χ4n) is 3.84. The molecule has 0 bridgehead atoms. The lowest BCUT2D eigenvalue weighted by Crippen LogP contribution is -2.24. The molecule has 2 amide bonds. The first-order valence-corrected chi connectivity index (χ1v) is 11.0. The molecule has 0 radical (unpaired) electrons. The van der Waals surface area contributed by atoms with Crippen LogP contribution in [0.1, 0.15) is 39.5 Å². The van der Waals surface area contributed by atoms with Gasteiger partial charge in [0.25, 0.3) is 17.4 Å². The molecule has 0 saturated carbocycles. The van der Waals surface area contributed by atoms with Gasteiger partial charge in [0.1, 0.15) is 10.8 Å². The maximum atomic E-state index is 12.4. The Morgan fingerprint density at radius 3 is 2.81 bits per heavy atom. The van der Waals surface area contributed by atoms with Gasteiger partial charge in [0.15, 0.2) is 6.61 Å². The van der Waals surface area contributed by atoms with E-state index in [1.807, 2.05) is 0 Å². The lowest BCUT2D eigenvalue weighted by Gasteiger charge is -2.09. The Morgan fingerprint density at radius 1 is 1.25 bits per heavy atom. The van der Waals surface area contributed by atoms with Gasteiger partial charge in [-0.25, -0.2) is 4.98 Å². The van der Waals surface area contributed by atoms with Crippen LogP contribution in [0.15, 0.2) is 29.1 Å². The van der Waals surface area contributed by atoms with Crippen molar-refractivity contribution in [1.82, 2.24) is 9.55 Å². The number of aromatic nitrogens is 2. The maximum absolute atomic E-state index is 12.4. The van der Waals surface area contributed by atoms with Crippen molar-refractivity contribution in [3.05, 3.63) is 56.4 Å². The fourth-order valence-corrected chi connectivity index (χ4v) is 5.15. The third-order valence-electron chi connectivity index (χ3n) is 5.41. The number of amides is 2. The van der Waals surface area contributed by atoms with E-state index in [0.29, 0.717) is 27.3 Å². The summed E-state index contributed by atoms with van der Waals surface area (Å²) < 4.78 is 6.46. The highest BCUT2D eigenvalue weighted by atomic mass is 32.1. The topological polar surface area (TPSA) is 133 Å². The van der Waals surface area contributed by atoms with Crippen LogP contribution < -0.4 is 16.6 Å². The SMILES string of the molecule is Cn1c(CCC(=O)OCC(=O)Nc2sc3c(c2C(N)=O)CCC3)nc2ccccc2c1=O. The van der Waals surface area contributed by atoms with Crippen molar-refractivity contribution in [3.8, 4) is 0 Å². The number of hydrogen-bond acceptors (Lipinski definition) is 7. The number of primary amides is 1. The lowest BCUT2D eigenvalue weighted by molar-refractivity contribution is -0.147. The van der Waals surface area contributed by atoms with Gasteiger partial charge in [-0.2, -0.15) is 0 Å². The van der Waals surface area contributed by atoms with Gasteiger partial charge in [-0.15, -0.1) is 11.3 Å². The van der Waals surface area contributed by atoms with Crippen LogP contribution in [0.2, 0.25) is 0 Å². The summed E-state index contributed by atoms with van der Waals surface area (Å²) in [5.41, 5.74) is 7.11. The second-order valence-corrected chi connectivity index (χ2v) is 8.65. The van der Waals surface area contributed by atoms with E-state index in [0.717, 1.165) is 29.7 Å². The van der Waals surface area contributed by atoms with Gasteiger partial charge in [-0.05, 0) is 37.0 Å². The number of nitrogens with zero attached hydrogens (tertiary/aromatic N) is 2. The number of carbonyl (C=O) groups is 3. The zero-order valence-corrected chi connectivity index (χ0v) is 18.3. The number of esters is 1. The highest BCUT2D eigenvalue weighted by molar-refractivity contribution is 7.17. The first-order valence-electron chi connectivity index (χ1n) is 10.2. The van der Waals surface area contributed by atoms with Crippen LogP contribution in [0.5, 0.6) is 0 Å². The molecule has 2 heterocycles. The third-order valence-corrected chi connectivity index (χ3v) is 6.62. The molecule has 1 aliphatic carbocycles. The smallest absolute Gasteiger partial charge is 0.306 e. The Morgan fingerprint density at radius 2 is 2.03 bits per heavy atom. The Labute approximate surface area is 187 Å². The Hall–Kier alpha value is -3.53. The van der Waals surface area contributed by atoms with Crippen LogP contribution in [0, 0.1) is 0 Å². The third kappa shape index (κ3) is 4.26. The Balaban J connectivity index is 1.34. The number of nitrogens with two attached hydrogens (primary N) is 1. The van der Waals surface area contributed by atoms with Crippen molar-refractivity contribution in [3.63, 3.8) is 0 Å². The Kier molecular flexibility index (Phi) is 6.04. The first kappa shape index (κ1) is 21.7. The number of ether oxygens (including phenoxy) is 1. The monoisotopic (exact) mass is 454 g/mol. The van der Waals surface area contributed by atoms with Crippen LogP contribution in [0.3, 0.4) is 0 Å². The average molecular weight is 455 g/mol. The zero-order valence-electron chi connectivity index (χ0n) is 17.5. The quantitative estimate of drug-likeness (QED) is 0.522. The molecule has 166 valence electrons. The van der Waals surface area contributed by atoms with Crippen LogP contribution in [-0.2, 0) is 40.6 Å². The number of rotatable bonds is 7. The van der Waals surface area contributed by atoms with Crippen LogP contribution in [0.25, 0.3) is 10.9 Å². The number of anilines is 1. The number of benzene rings is 1. The minimum Gasteiger partial charge on any atom is -0.456 e. The molecular weight excluding hydrogens is 432 g/mol. The molecule has 0 spiro atoms. The summed E-state index contributed by atoms with van der Waals surface area (Å²) in [6, 6.07) is 7.00. The molecule has 0 atom stereocenters. The molecule has 2 aromatic heterocycles. The number of hydrogen-bond donors (Lipinski definition) is 2. The molecule has 3 aromatic rings. The van der Waals surface area contributed by atoms with E-state index >= 15 is 0 Å². The van der Waals surface area contributed by atoms with Crippen LogP contribution >= 0.6 is 11.3 Å². The van der Waals surface area contributed by atoms with E-state index in [9.17, 15) is 19.2 Å². The van der Waals surface area contributed by atoms with Crippen molar-refractivity contribution in [2.45, 2.75) is 32.1 Å². The van der Waals surface area contributed by atoms with E-state index in [4.69, 9.17) is 10.5 Å². The van der Waals surface area contributed by atoms with Crippen LogP contribution in [0.4, 0.5) is 5.00 Å². The van der Waals surface area contributed by atoms with Gasteiger partial charge in [-0.1, -0.05) is 12.1 Å². The van der Waals surface area contributed by atoms with Gasteiger partial charge in [0.05, 0.1) is 22.9 Å². The van der Waals surface area contributed by atoms with Crippen molar-refractivity contribution < 1.29 is 19.1 Å². The van der Waals surface area contributed by atoms with Crippen molar-refractivity contribution in [2.24, 2.45) is 12.8 Å². The predicted molar refractivity (Wildman–Crippen MR) is 120 cm³/mol. The van der Waals surface area contributed by atoms with E-state index in [-0.39, 0.29) is 18.4 Å². The maximum Gasteiger partial charge on any atom is 0.306 e. The summed E-state index contributed by atoms with van der Waals surface area (Å²) in [4.78, 5) is 54.1. The molecule has 0 unspecified atom stereocenters. The predicted octanol–water partition coefficient (Wildman–Crippen LogP) is 1.70. The van der Waals surface area contributed by atoms with E-state index in [2.05, 4.69) is 10.3 Å². The standard InChI is InChI=1S/C22H22N4O5S/c1-26-16(24-14-7-3-2-5-12(14)22(26)30)9-10-18(28)31-11-17(27)25-21-19(20(23)29)13-6-4-8-15(13)32-21/h2-3,5,7H,4,6,8-11H2,1H3,(H2,23,29)(H,25,27). The average Bonchev–Trinajstić information content (AvgIpc) is 3.34. The summed E-state index contributed by atoms with van der Waals surface area (Å²) in [5, 5.41) is 3.54. The largest absolute Gasteiger partial charge is 0.456 e. The molecular formula is C22H22N4O5S. The Bertz CT molecular complexity index is 1290. The number of nitrogens with one attached hydrogen (secondary N) is 1. The van der Waals surface area contributed by atoms with Crippen molar-refractivity contribution in [2.75, 3.05) is 11.9 Å². The molecule has 1 aromatic carbocycles. The molecule has 10 heteroatoms. The summed E-state index contributed by atoms with van der Waals surface area (Å²) in [7, 11) is 1.60. The number of para-hydroxylation sites is 1. The van der Waals surface area contributed by atoms with Gasteiger partial charge in [-0.3, -0.25) is 23.7 Å². The number of fused-ring (bicyclic) bond motifs is 2. The molecule has 0 fully saturated rings. The number of aryl methyl sites for hydroxylation is 2. The number of carbonyl (C=O) groups excluding carboxylic acids is 3. The number of thiophene rings is 1. The molecule has 1 aliphatic rings. The van der Waals surface area contributed by atoms with Crippen molar-refractivity contribution in [1.29, 1.82) is 0 Å².